The lowest BCUT2D eigenvalue weighted by Crippen LogP contribution is -2.42. The topological polar surface area (TPSA) is 128 Å². The number of aliphatic hydroxyl groups excluding tert-OH is 2. The number of amides is 2. The van der Waals surface area contributed by atoms with Crippen LogP contribution in [-0.4, -0.2) is 58.7 Å². The molecule has 0 unspecified atom stereocenters. The lowest BCUT2D eigenvalue weighted by molar-refractivity contribution is -0.118. The van der Waals surface area contributed by atoms with E-state index in [1.165, 1.54) is 6.08 Å². The number of hydrogen-bond acceptors (Lipinski definition) is 6. The van der Waals surface area contributed by atoms with E-state index in [-0.39, 0.29) is 36.1 Å². The highest BCUT2D eigenvalue weighted by atomic mass is 16.6. The van der Waals surface area contributed by atoms with E-state index in [0.717, 1.165) is 25.7 Å². The van der Waals surface area contributed by atoms with Crippen molar-refractivity contribution in [2.75, 3.05) is 6.54 Å². The second-order valence-electron chi connectivity index (χ2n) is 11.4. The summed E-state index contributed by atoms with van der Waals surface area (Å²) in [4.78, 5) is 37.6. The van der Waals surface area contributed by atoms with Crippen LogP contribution in [0.2, 0.25) is 0 Å². The van der Waals surface area contributed by atoms with Crippen molar-refractivity contribution >= 4 is 17.6 Å². The molecule has 8 nitrogen and oxygen atoms in total. The first-order valence-electron chi connectivity index (χ1n) is 13.1. The van der Waals surface area contributed by atoms with Gasteiger partial charge < -0.3 is 25.6 Å². The number of nitrogens with one attached hydrogen (secondary N) is 2. The number of epoxide rings is 1. The average Bonchev–Trinajstić information content (AvgIpc) is 3.33. The predicted octanol–water partition coefficient (Wildman–Crippen LogP) is 1.56. The number of rotatable bonds is 0. The number of ether oxygens (including phenoxy) is 1. The number of Topliss-reactive ketones (excluding diaryl/α,β-unsaturated/α-hetero) is 1. The minimum atomic E-state index is -1.16. The Labute approximate surface area is 204 Å². The summed E-state index contributed by atoms with van der Waals surface area (Å²) in [6.45, 7) is 2.51. The van der Waals surface area contributed by atoms with Gasteiger partial charge in [0.25, 0.3) is 5.91 Å². The zero-order valence-electron chi connectivity index (χ0n) is 19.9. The molecule has 0 aromatic rings. The fourth-order valence-electron chi connectivity index (χ4n) is 8.17. The molecule has 6 aliphatic rings. The number of ketones is 1. The van der Waals surface area contributed by atoms with Crippen LogP contribution in [0.25, 0.3) is 0 Å². The quantitative estimate of drug-likeness (QED) is 0.306. The number of carbonyl (C=O) groups is 3. The van der Waals surface area contributed by atoms with Crippen LogP contribution >= 0.6 is 0 Å². The van der Waals surface area contributed by atoms with Gasteiger partial charge in [0.05, 0.1) is 18.3 Å². The molecule has 2 amide bonds. The standard InChI is InChI=1S/C27H34N2O6/c1-12-21-15-7-5-13-6-8-18(30)22-24(33)23(29-27(22)34)19(31)9-10-28-20(32)4-2-3-14(13)16(15)11-17(21)26-25(12)35-26/h2,4,6,8,12-17,19,21,23,25-26,30-31H,3,5,7,9-11H2,1H3,(H,28,32)(H,29,34)/b4-2-,8-6+,22-18?/t12-,13-,14-,15+,16-,17-,19+,21+,23+,25+,26-/m1/s1. The van der Waals surface area contributed by atoms with Crippen molar-refractivity contribution in [2.24, 2.45) is 41.4 Å². The van der Waals surface area contributed by atoms with Crippen molar-refractivity contribution in [3.8, 4) is 0 Å². The third kappa shape index (κ3) is 3.76. The number of fused-ring (bicyclic) bond motifs is 9. The van der Waals surface area contributed by atoms with Gasteiger partial charge in [-0.2, -0.15) is 0 Å². The van der Waals surface area contributed by atoms with E-state index in [1.807, 2.05) is 12.2 Å². The molecular weight excluding hydrogens is 448 g/mol. The van der Waals surface area contributed by atoms with E-state index < -0.39 is 23.8 Å². The maximum atomic E-state index is 12.8. The summed E-state index contributed by atoms with van der Waals surface area (Å²) in [5.41, 5.74) is -0.298. The fraction of sp³-hybridized carbons (Fsp3) is 0.667. The minimum Gasteiger partial charge on any atom is -0.507 e. The van der Waals surface area contributed by atoms with Gasteiger partial charge in [-0.3, -0.25) is 14.4 Å². The lowest BCUT2D eigenvalue weighted by Gasteiger charge is -2.41. The first-order chi connectivity index (χ1) is 16.8. The van der Waals surface area contributed by atoms with Gasteiger partial charge in [-0.05, 0) is 85.7 Å². The van der Waals surface area contributed by atoms with Crippen molar-refractivity contribution in [3.63, 3.8) is 0 Å². The van der Waals surface area contributed by atoms with E-state index >= 15 is 0 Å². The molecule has 11 atom stereocenters. The van der Waals surface area contributed by atoms with Gasteiger partial charge in [0.1, 0.15) is 17.4 Å². The highest BCUT2D eigenvalue weighted by Crippen LogP contribution is 2.65. The largest absolute Gasteiger partial charge is 0.507 e. The van der Waals surface area contributed by atoms with E-state index in [2.05, 4.69) is 17.6 Å². The summed E-state index contributed by atoms with van der Waals surface area (Å²) < 4.78 is 5.96. The second kappa shape index (κ2) is 8.59. The van der Waals surface area contributed by atoms with Crippen LogP contribution in [0.15, 0.2) is 35.6 Å². The van der Waals surface area contributed by atoms with Gasteiger partial charge in [0.2, 0.25) is 5.91 Å². The summed E-state index contributed by atoms with van der Waals surface area (Å²) in [5, 5.41) is 26.3. The molecule has 2 bridgehead atoms. The summed E-state index contributed by atoms with van der Waals surface area (Å²) in [6, 6.07) is -1.12. The smallest absolute Gasteiger partial charge is 0.259 e. The van der Waals surface area contributed by atoms with Gasteiger partial charge in [-0.25, -0.2) is 0 Å². The summed E-state index contributed by atoms with van der Waals surface area (Å²) in [5.74, 6) is 1.75. The lowest BCUT2D eigenvalue weighted by atomic mass is 9.64. The monoisotopic (exact) mass is 482 g/mol. The SMILES string of the molecule is C[C@H]1[C@@H]2O[C@@H]2[C@@H]2C[C@H]3[C@H](CC[C@@H]4/C=C/C(O)=C5C(=O)N[C@H](C5=O)[C@@H](O)CCNC(=O)/C=C\C[C@@H]34)[C@H]12. The van der Waals surface area contributed by atoms with E-state index in [0.29, 0.717) is 47.7 Å². The molecule has 2 saturated heterocycles. The Morgan fingerprint density at radius 2 is 1.83 bits per heavy atom. The Morgan fingerprint density at radius 1 is 1.00 bits per heavy atom. The molecule has 0 radical (unpaired) electrons. The number of carbonyl (C=O) groups excluding carboxylic acids is 3. The molecule has 188 valence electrons. The van der Waals surface area contributed by atoms with Crippen molar-refractivity contribution < 1.29 is 29.3 Å². The predicted molar refractivity (Wildman–Crippen MR) is 126 cm³/mol. The minimum absolute atomic E-state index is 0.111. The average molecular weight is 483 g/mol. The van der Waals surface area contributed by atoms with Gasteiger partial charge >= 0.3 is 0 Å². The third-order valence-corrected chi connectivity index (χ3v) is 9.73. The molecule has 3 aliphatic heterocycles. The van der Waals surface area contributed by atoms with E-state index in [9.17, 15) is 24.6 Å². The third-order valence-electron chi connectivity index (χ3n) is 9.73. The van der Waals surface area contributed by atoms with Gasteiger partial charge in [0, 0.05) is 6.54 Å². The van der Waals surface area contributed by atoms with Crippen molar-refractivity contribution in [1.82, 2.24) is 10.6 Å². The van der Waals surface area contributed by atoms with Crippen LogP contribution in [0.4, 0.5) is 0 Å². The molecule has 0 aromatic heterocycles. The number of allylic oxidation sites excluding steroid dienone is 3. The van der Waals surface area contributed by atoms with Crippen LogP contribution in [0.5, 0.6) is 0 Å². The van der Waals surface area contributed by atoms with E-state index in [1.54, 1.807) is 6.08 Å². The molecule has 6 rings (SSSR count). The van der Waals surface area contributed by atoms with Crippen LogP contribution in [0.3, 0.4) is 0 Å². The van der Waals surface area contributed by atoms with E-state index in [4.69, 9.17) is 4.74 Å². The van der Waals surface area contributed by atoms with Crippen molar-refractivity contribution in [2.45, 2.75) is 63.4 Å². The van der Waals surface area contributed by atoms with Gasteiger partial charge in [-0.1, -0.05) is 19.1 Å². The highest BCUT2D eigenvalue weighted by Gasteiger charge is 2.66. The molecule has 0 aromatic carbocycles. The molecule has 5 fully saturated rings. The van der Waals surface area contributed by atoms with Crippen molar-refractivity contribution in [1.29, 1.82) is 0 Å². The Hall–Kier alpha value is -2.45. The zero-order valence-corrected chi connectivity index (χ0v) is 19.9. The Morgan fingerprint density at radius 3 is 2.66 bits per heavy atom. The fourth-order valence-corrected chi connectivity index (χ4v) is 8.17. The Balaban J connectivity index is 1.30. The first-order valence-corrected chi connectivity index (χ1v) is 13.1. The Kier molecular flexibility index (Phi) is 5.64. The van der Waals surface area contributed by atoms with Crippen LogP contribution < -0.4 is 10.6 Å². The molecular formula is C27H34N2O6. The van der Waals surface area contributed by atoms with Crippen LogP contribution in [-0.2, 0) is 19.1 Å². The van der Waals surface area contributed by atoms with Crippen molar-refractivity contribution in [3.05, 3.63) is 35.6 Å². The second-order valence-corrected chi connectivity index (χ2v) is 11.4. The maximum Gasteiger partial charge on any atom is 0.259 e. The van der Waals surface area contributed by atoms with Crippen LogP contribution in [0.1, 0.15) is 39.0 Å². The Bertz CT molecular complexity index is 1030. The molecule has 8 heteroatoms. The van der Waals surface area contributed by atoms with Gasteiger partial charge in [0.15, 0.2) is 5.78 Å². The summed E-state index contributed by atoms with van der Waals surface area (Å²) in [7, 11) is 0. The first kappa shape index (κ1) is 23.0. The van der Waals surface area contributed by atoms with Crippen LogP contribution in [0, 0.1) is 41.4 Å². The molecule has 3 saturated carbocycles. The highest BCUT2D eigenvalue weighted by molar-refractivity contribution is 6.27. The molecule has 0 spiro atoms. The molecule has 35 heavy (non-hydrogen) atoms. The number of aliphatic hydroxyl groups is 2. The molecule has 3 heterocycles. The number of hydrogen-bond donors (Lipinski definition) is 4. The summed E-state index contributed by atoms with van der Waals surface area (Å²) >= 11 is 0. The van der Waals surface area contributed by atoms with Gasteiger partial charge in [-0.15, -0.1) is 0 Å². The molecule has 4 N–H and O–H groups in total. The zero-order chi connectivity index (χ0) is 24.4. The normalized spacial score (nSPS) is 48.9. The summed E-state index contributed by atoms with van der Waals surface area (Å²) in [6.07, 6.45) is 10.8. The maximum absolute atomic E-state index is 12.8. The molecule has 3 aliphatic carbocycles.